The maximum atomic E-state index is 14.5. The highest BCUT2D eigenvalue weighted by Crippen LogP contribution is 2.39. The van der Waals surface area contributed by atoms with E-state index < -0.39 is 27.9 Å². The standard InChI is InChI=1S/C26H22ClF2N3O4S/c1-16-35-24-9-7-19(14-25(24)36-16)37(33,34)32(15-26-30-10-11-31(26)2)23-8-6-18(27)12-17(23)13-20-21(28)4-3-5-22(20)29/h3-12,14,16H,13,15H2,1-2H3. The molecule has 1 aliphatic heterocycles. The zero-order chi connectivity index (χ0) is 26.3. The summed E-state index contributed by atoms with van der Waals surface area (Å²) in [6, 6.07) is 12.5. The number of rotatable bonds is 7. The predicted octanol–water partition coefficient (Wildman–Crippen LogP) is 5.46. The molecule has 0 spiro atoms. The van der Waals surface area contributed by atoms with Gasteiger partial charge in [0, 0.05) is 49.4 Å². The smallest absolute Gasteiger partial charge is 0.264 e. The fraction of sp³-hybridized carbons (Fsp3) is 0.192. The molecule has 0 saturated carbocycles. The number of hydrogen-bond acceptors (Lipinski definition) is 5. The van der Waals surface area contributed by atoms with Crippen molar-refractivity contribution in [3.63, 3.8) is 0 Å². The van der Waals surface area contributed by atoms with Crippen molar-refractivity contribution in [2.45, 2.75) is 31.1 Å². The lowest BCUT2D eigenvalue weighted by molar-refractivity contribution is 0.0678. The van der Waals surface area contributed by atoms with Crippen LogP contribution in [0, 0.1) is 11.6 Å². The van der Waals surface area contributed by atoms with Crippen molar-refractivity contribution in [1.82, 2.24) is 9.55 Å². The highest BCUT2D eigenvalue weighted by molar-refractivity contribution is 7.92. The number of benzene rings is 3. The Hall–Kier alpha value is -3.63. The Balaban J connectivity index is 1.65. The Morgan fingerprint density at radius 3 is 2.49 bits per heavy atom. The minimum Gasteiger partial charge on any atom is -0.451 e. The summed E-state index contributed by atoms with van der Waals surface area (Å²) in [5, 5.41) is 0.293. The van der Waals surface area contributed by atoms with E-state index in [1.807, 2.05) is 0 Å². The largest absolute Gasteiger partial charge is 0.451 e. The van der Waals surface area contributed by atoms with E-state index in [1.54, 1.807) is 30.9 Å². The minimum absolute atomic E-state index is 0.0452. The summed E-state index contributed by atoms with van der Waals surface area (Å²) in [6.07, 6.45) is 2.48. The maximum absolute atomic E-state index is 14.5. The number of aryl methyl sites for hydroxylation is 1. The molecule has 192 valence electrons. The van der Waals surface area contributed by atoms with Crippen LogP contribution < -0.4 is 13.8 Å². The molecular weight excluding hydrogens is 524 g/mol. The van der Waals surface area contributed by atoms with Crippen molar-refractivity contribution in [3.05, 3.63) is 101 Å². The second-order valence-electron chi connectivity index (χ2n) is 8.53. The number of imidazole rings is 1. The SMILES string of the molecule is CC1Oc2ccc(S(=O)(=O)N(Cc3nccn3C)c3ccc(Cl)cc3Cc3c(F)cccc3F)cc2O1. The molecule has 0 saturated heterocycles. The van der Waals surface area contributed by atoms with Gasteiger partial charge in [0.1, 0.15) is 17.5 Å². The predicted molar refractivity (Wildman–Crippen MR) is 134 cm³/mol. The van der Waals surface area contributed by atoms with Crippen LogP contribution in [0.3, 0.4) is 0 Å². The quantitative estimate of drug-likeness (QED) is 0.308. The Labute approximate surface area is 217 Å². The van der Waals surface area contributed by atoms with E-state index in [-0.39, 0.29) is 29.1 Å². The summed E-state index contributed by atoms with van der Waals surface area (Å²) >= 11 is 6.24. The molecule has 0 amide bonds. The molecule has 1 aromatic heterocycles. The molecule has 7 nitrogen and oxygen atoms in total. The highest BCUT2D eigenvalue weighted by Gasteiger charge is 2.31. The molecule has 0 aliphatic carbocycles. The number of hydrogen-bond donors (Lipinski definition) is 0. The first-order valence-corrected chi connectivity index (χ1v) is 13.1. The number of nitrogens with zero attached hydrogens (tertiary/aromatic N) is 3. The third-order valence-corrected chi connectivity index (χ3v) is 8.03. The molecule has 0 fully saturated rings. The Kier molecular flexibility index (Phi) is 6.55. The summed E-state index contributed by atoms with van der Waals surface area (Å²) in [5.41, 5.74) is 0.335. The first kappa shape index (κ1) is 25.0. The van der Waals surface area contributed by atoms with Crippen LogP contribution in [0.2, 0.25) is 5.02 Å². The lowest BCUT2D eigenvalue weighted by Gasteiger charge is -2.27. The molecule has 0 radical (unpaired) electrons. The molecule has 11 heteroatoms. The van der Waals surface area contributed by atoms with E-state index >= 15 is 0 Å². The molecule has 1 unspecified atom stereocenters. The lowest BCUT2D eigenvalue weighted by atomic mass is 10.0. The van der Waals surface area contributed by atoms with Crippen LogP contribution in [0.25, 0.3) is 0 Å². The summed E-state index contributed by atoms with van der Waals surface area (Å²) in [6.45, 7) is 1.55. The van der Waals surface area contributed by atoms with Crippen LogP contribution in [-0.4, -0.2) is 24.3 Å². The van der Waals surface area contributed by atoms with Gasteiger partial charge in [-0.3, -0.25) is 4.31 Å². The number of ether oxygens (including phenoxy) is 2. The highest BCUT2D eigenvalue weighted by atomic mass is 35.5. The summed E-state index contributed by atoms with van der Waals surface area (Å²) in [5.74, 6) is -0.292. The van der Waals surface area contributed by atoms with Gasteiger partial charge in [-0.05, 0) is 48.0 Å². The monoisotopic (exact) mass is 545 g/mol. The molecule has 5 rings (SSSR count). The number of sulfonamides is 1. The fourth-order valence-corrected chi connectivity index (χ4v) is 5.82. The van der Waals surface area contributed by atoms with Crippen LogP contribution >= 0.6 is 11.6 Å². The van der Waals surface area contributed by atoms with Crippen molar-refractivity contribution in [3.8, 4) is 11.5 Å². The van der Waals surface area contributed by atoms with Gasteiger partial charge in [0.05, 0.1) is 17.1 Å². The van der Waals surface area contributed by atoms with Crippen LogP contribution in [0.1, 0.15) is 23.9 Å². The van der Waals surface area contributed by atoms with E-state index in [4.69, 9.17) is 21.1 Å². The zero-order valence-electron chi connectivity index (χ0n) is 19.9. The average molecular weight is 546 g/mol. The van der Waals surface area contributed by atoms with E-state index in [2.05, 4.69) is 4.98 Å². The van der Waals surface area contributed by atoms with E-state index in [9.17, 15) is 17.2 Å². The van der Waals surface area contributed by atoms with Gasteiger partial charge in [0.15, 0.2) is 11.5 Å². The third kappa shape index (κ3) is 4.86. The summed E-state index contributed by atoms with van der Waals surface area (Å²) in [4.78, 5) is 4.24. The summed E-state index contributed by atoms with van der Waals surface area (Å²) < 4.78 is 71.2. The van der Waals surface area contributed by atoms with Gasteiger partial charge < -0.3 is 14.0 Å². The topological polar surface area (TPSA) is 73.7 Å². The first-order chi connectivity index (χ1) is 17.6. The number of halogens is 3. The molecular formula is C26H22ClF2N3O4S. The Bertz CT molecular complexity index is 1570. The van der Waals surface area contributed by atoms with Gasteiger partial charge >= 0.3 is 0 Å². The van der Waals surface area contributed by atoms with Gasteiger partial charge in [-0.15, -0.1) is 0 Å². The van der Waals surface area contributed by atoms with Crippen molar-refractivity contribution in [2.75, 3.05) is 4.31 Å². The van der Waals surface area contributed by atoms with Crippen molar-refractivity contribution in [2.24, 2.45) is 7.05 Å². The number of fused-ring (bicyclic) bond motifs is 1. The van der Waals surface area contributed by atoms with Crippen LogP contribution in [-0.2, 0) is 30.0 Å². The van der Waals surface area contributed by atoms with Crippen LogP contribution in [0.4, 0.5) is 14.5 Å². The average Bonchev–Trinajstić information content (AvgIpc) is 3.43. The maximum Gasteiger partial charge on any atom is 0.264 e. The summed E-state index contributed by atoms with van der Waals surface area (Å²) in [7, 11) is -2.48. The molecule has 37 heavy (non-hydrogen) atoms. The molecule has 0 bridgehead atoms. The van der Waals surface area contributed by atoms with Gasteiger partial charge in [-0.1, -0.05) is 17.7 Å². The second kappa shape index (κ2) is 9.68. The van der Waals surface area contributed by atoms with Gasteiger partial charge in [0.2, 0.25) is 6.29 Å². The molecule has 3 aromatic carbocycles. The fourth-order valence-electron chi connectivity index (χ4n) is 4.15. The van der Waals surface area contributed by atoms with Crippen LogP contribution in [0.15, 0.2) is 71.9 Å². The molecule has 2 heterocycles. The van der Waals surface area contributed by atoms with E-state index in [1.165, 1.54) is 42.5 Å². The normalized spacial score (nSPS) is 14.7. The Morgan fingerprint density at radius 1 is 1.05 bits per heavy atom. The van der Waals surface area contributed by atoms with Crippen LogP contribution in [0.5, 0.6) is 11.5 Å². The van der Waals surface area contributed by atoms with Crippen molar-refractivity contribution < 1.29 is 26.7 Å². The van der Waals surface area contributed by atoms with Crippen molar-refractivity contribution >= 4 is 27.3 Å². The third-order valence-electron chi connectivity index (χ3n) is 6.03. The molecule has 0 N–H and O–H groups in total. The zero-order valence-corrected chi connectivity index (χ0v) is 21.4. The van der Waals surface area contributed by atoms with Gasteiger partial charge in [0.25, 0.3) is 10.0 Å². The lowest BCUT2D eigenvalue weighted by Crippen LogP contribution is -2.32. The van der Waals surface area contributed by atoms with Gasteiger partial charge in [-0.2, -0.15) is 0 Å². The molecule has 1 aliphatic rings. The van der Waals surface area contributed by atoms with Crippen molar-refractivity contribution in [1.29, 1.82) is 0 Å². The van der Waals surface area contributed by atoms with E-state index in [0.29, 0.717) is 27.9 Å². The first-order valence-electron chi connectivity index (χ1n) is 11.3. The minimum atomic E-state index is -4.22. The number of aromatic nitrogens is 2. The molecule has 4 aromatic rings. The van der Waals surface area contributed by atoms with Gasteiger partial charge in [-0.25, -0.2) is 22.2 Å². The Morgan fingerprint density at radius 2 is 1.78 bits per heavy atom. The molecule has 1 atom stereocenters. The second-order valence-corrected chi connectivity index (χ2v) is 10.8. The van der Waals surface area contributed by atoms with E-state index in [0.717, 1.165) is 16.4 Å². The number of anilines is 1.